The van der Waals surface area contributed by atoms with E-state index in [0.29, 0.717) is 6.42 Å². The van der Waals surface area contributed by atoms with Crippen molar-refractivity contribution in [3.8, 4) is 0 Å². The summed E-state index contributed by atoms with van der Waals surface area (Å²) >= 11 is 0. The van der Waals surface area contributed by atoms with Crippen LogP contribution in [-0.2, 0) is 9.53 Å². The van der Waals surface area contributed by atoms with E-state index in [9.17, 15) is 4.79 Å². The molecular formula is C16H24O2. The molecule has 0 saturated carbocycles. The van der Waals surface area contributed by atoms with Crippen LogP contribution >= 0.6 is 0 Å². The summed E-state index contributed by atoms with van der Waals surface area (Å²) in [5.41, 5.74) is 2.54. The molecule has 0 aliphatic carbocycles. The van der Waals surface area contributed by atoms with Gasteiger partial charge >= 0.3 is 5.97 Å². The van der Waals surface area contributed by atoms with E-state index >= 15 is 0 Å². The van der Waals surface area contributed by atoms with E-state index in [0.717, 1.165) is 12.8 Å². The Morgan fingerprint density at radius 3 is 2.44 bits per heavy atom. The third-order valence-electron chi connectivity index (χ3n) is 2.39. The van der Waals surface area contributed by atoms with Gasteiger partial charge in [-0.2, -0.15) is 0 Å². The Morgan fingerprint density at radius 2 is 1.94 bits per heavy atom. The highest BCUT2D eigenvalue weighted by Gasteiger charge is 2.08. The van der Waals surface area contributed by atoms with Crippen molar-refractivity contribution < 1.29 is 9.53 Å². The van der Waals surface area contributed by atoms with Gasteiger partial charge in [0.15, 0.2) is 0 Å². The standard InChI is InChI=1S/C16H24O2/c1-6-9-15(18-16(17)7-2)12-14(5)11-8-10-13(3)4/h6-7,10,12,15H,1-2,8-9,11H2,3-5H3/b14-12+. The number of ether oxygens (including phenoxy) is 1. The molecule has 0 heterocycles. The van der Waals surface area contributed by atoms with E-state index in [1.165, 1.54) is 17.2 Å². The highest BCUT2D eigenvalue weighted by Crippen LogP contribution is 2.11. The molecule has 0 aromatic heterocycles. The summed E-state index contributed by atoms with van der Waals surface area (Å²) in [7, 11) is 0. The predicted octanol–water partition coefficient (Wildman–Crippen LogP) is 4.35. The summed E-state index contributed by atoms with van der Waals surface area (Å²) < 4.78 is 5.22. The largest absolute Gasteiger partial charge is 0.455 e. The molecule has 0 amide bonds. The van der Waals surface area contributed by atoms with Crippen LogP contribution in [0, 0.1) is 0 Å². The number of hydrogen-bond donors (Lipinski definition) is 0. The van der Waals surface area contributed by atoms with Gasteiger partial charge in [-0.1, -0.05) is 29.9 Å². The van der Waals surface area contributed by atoms with E-state index in [1.54, 1.807) is 6.08 Å². The lowest BCUT2D eigenvalue weighted by molar-refractivity contribution is -0.140. The highest BCUT2D eigenvalue weighted by atomic mass is 16.5. The van der Waals surface area contributed by atoms with E-state index in [1.807, 2.05) is 6.08 Å². The van der Waals surface area contributed by atoms with Gasteiger partial charge in [0.25, 0.3) is 0 Å². The van der Waals surface area contributed by atoms with Crippen LogP contribution in [-0.4, -0.2) is 12.1 Å². The summed E-state index contributed by atoms with van der Waals surface area (Å²) in [5.74, 6) is -0.393. The van der Waals surface area contributed by atoms with Crippen LogP contribution in [0.4, 0.5) is 0 Å². The van der Waals surface area contributed by atoms with Gasteiger partial charge in [0.2, 0.25) is 0 Å². The molecule has 0 aromatic rings. The molecule has 1 unspecified atom stereocenters. The average molecular weight is 248 g/mol. The minimum Gasteiger partial charge on any atom is -0.455 e. The van der Waals surface area contributed by atoms with Crippen LogP contribution in [0.5, 0.6) is 0 Å². The zero-order chi connectivity index (χ0) is 14.0. The molecule has 0 N–H and O–H groups in total. The molecule has 0 bridgehead atoms. The lowest BCUT2D eigenvalue weighted by Crippen LogP contribution is -2.14. The van der Waals surface area contributed by atoms with Crippen molar-refractivity contribution in [2.24, 2.45) is 0 Å². The van der Waals surface area contributed by atoms with Crippen LogP contribution in [0.15, 0.2) is 48.6 Å². The topological polar surface area (TPSA) is 26.3 Å². The molecule has 0 radical (unpaired) electrons. The number of esters is 1. The second-order valence-electron chi connectivity index (χ2n) is 4.54. The molecule has 100 valence electrons. The first-order valence-corrected chi connectivity index (χ1v) is 6.24. The van der Waals surface area contributed by atoms with Crippen molar-refractivity contribution in [1.29, 1.82) is 0 Å². The molecule has 0 saturated heterocycles. The normalized spacial score (nSPS) is 12.5. The van der Waals surface area contributed by atoms with Crippen molar-refractivity contribution >= 4 is 5.97 Å². The first-order valence-electron chi connectivity index (χ1n) is 6.24. The van der Waals surface area contributed by atoms with Crippen molar-refractivity contribution in [1.82, 2.24) is 0 Å². The number of carbonyl (C=O) groups excluding carboxylic acids is 1. The fraction of sp³-hybridized carbons (Fsp3) is 0.438. The Labute approximate surface area is 111 Å². The van der Waals surface area contributed by atoms with Crippen molar-refractivity contribution in [2.75, 3.05) is 0 Å². The Kier molecular flexibility index (Phi) is 8.63. The van der Waals surface area contributed by atoms with E-state index < -0.39 is 5.97 Å². The van der Waals surface area contributed by atoms with Crippen LogP contribution in [0.25, 0.3) is 0 Å². The smallest absolute Gasteiger partial charge is 0.330 e. The summed E-state index contributed by atoms with van der Waals surface area (Å²) in [6, 6.07) is 0. The molecule has 2 heteroatoms. The fourth-order valence-corrected chi connectivity index (χ4v) is 1.50. The Bertz CT molecular complexity index is 344. The maximum absolute atomic E-state index is 11.2. The number of carbonyl (C=O) groups is 1. The second kappa shape index (κ2) is 9.46. The molecule has 0 aromatic carbocycles. The lowest BCUT2D eigenvalue weighted by Gasteiger charge is -2.12. The third-order valence-corrected chi connectivity index (χ3v) is 2.39. The molecule has 1 atom stereocenters. The summed E-state index contributed by atoms with van der Waals surface area (Å²) in [6.45, 7) is 13.3. The average Bonchev–Trinajstić information content (AvgIpc) is 2.28. The van der Waals surface area contributed by atoms with Crippen LogP contribution in [0.3, 0.4) is 0 Å². The maximum atomic E-state index is 11.2. The van der Waals surface area contributed by atoms with Gasteiger partial charge in [0.05, 0.1) is 0 Å². The molecule has 0 aliphatic heterocycles. The fourth-order valence-electron chi connectivity index (χ4n) is 1.50. The first-order chi connectivity index (χ1) is 8.49. The minimum atomic E-state index is -0.393. The summed E-state index contributed by atoms with van der Waals surface area (Å²) in [6.07, 6.45) is 9.51. The van der Waals surface area contributed by atoms with Gasteiger partial charge in [0.1, 0.15) is 6.10 Å². The van der Waals surface area contributed by atoms with Gasteiger partial charge in [-0.3, -0.25) is 0 Å². The van der Waals surface area contributed by atoms with Crippen LogP contribution in [0.1, 0.15) is 40.0 Å². The van der Waals surface area contributed by atoms with Crippen molar-refractivity contribution in [2.45, 2.75) is 46.1 Å². The van der Waals surface area contributed by atoms with Crippen LogP contribution in [0.2, 0.25) is 0 Å². The molecule has 0 fully saturated rings. The van der Waals surface area contributed by atoms with Crippen molar-refractivity contribution in [3.05, 3.63) is 48.6 Å². The van der Waals surface area contributed by atoms with Gasteiger partial charge in [-0.25, -0.2) is 4.79 Å². The van der Waals surface area contributed by atoms with Gasteiger partial charge < -0.3 is 4.74 Å². The maximum Gasteiger partial charge on any atom is 0.330 e. The monoisotopic (exact) mass is 248 g/mol. The number of allylic oxidation sites excluding steroid dienone is 3. The first kappa shape index (κ1) is 16.4. The third kappa shape index (κ3) is 8.57. The lowest BCUT2D eigenvalue weighted by atomic mass is 10.1. The number of rotatable bonds is 8. The van der Waals surface area contributed by atoms with Gasteiger partial charge in [0, 0.05) is 12.5 Å². The van der Waals surface area contributed by atoms with Gasteiger partial charge in [-0.05, 0) is 39.7 Å². The van der Waals surface area contributed by atoms with Gasteiger partial charge in [-0.15, -0.1) is 6.58 Å². The van der Waals surface area contributed by atoms with E-state index in [-0.39, 0.29) is 6.10 Å². The Balaban J connectivity index is 4.42. The number of hydrogen-bond acceptors (Lipinski definition) is 2. The zero-order valence-electron chi connectivity index (χ0n) is 11.7. The highest BCUT2D eigenvalue weighted by molar-refractivity contribution is 5.81. The second-order valence-corrected chi connectivity index (χ2v) is 4.54. The zero-order valence-corrected chi connectivity index (χ0v) is 11.7. The van der Waals surface area contributed by atoms with E-state index in [2.05, 4.69) is 40.0 Å². The molecular weight excluding hydrogens is 224 g/mol. The van der Waals surface area contributed by atoms with E-state index in [4.69, 9.17) is 4.74 Å². The molecule has 0 spiro atoms. The van der Waals surface area contributed by atoms with Crippen molar-refractivity contribution in [3.63, 3.8) is 0 Å². The SMILES string of the molecule is C=CCC(/C=C(\C)CCC=C(C)C)OC(=O)C=C. The molecule has 0 aliphatic rings. The molecule has 2 nitrogen and oxygen atoms in total. The Morgan fingerprint density at radius 1 is 1.28 bits per heavy atom. The Hall–Kier alpha value is -1.57. The summed E-state index contributed by atoms with van der Waals surface area (Å²) in [4.78, 5) is 11.2. The minimum absolute atomic E-state index is 0.236. The molecule has 18 heavy (non-hydrogen) atoms. The quantitative estimate of drug-likeness (QED) is 0.362. The van der Waals surface area contributed by atoms with Crippen LogP contribution < -0.4 is 0 Å². The summed E-state index contributed by atoms with van der Waals surface area (Å²) in [5, 5.41) is 0. The molecule has 0 rings (SSSR count). The predicted molar refractivity (Wildman–Crippen MR) is 77.3 cm³/mol.